The van der Waals surface area contributed by atoms with Gasteiger partial charge in [0.1, 0.15) is 5.49 Å². The van der Waals surface area contributed by atoms with Crippen LogP contribution in [-0.2, 0) is 0 Å². The molecule has 0 saturated heterocycles. The predicted molar refractivity (Wildman–Crippen MR) is 81.6 cm³/mol. The first-order valence-electron chi connectivity index (χ1n) is 8.06. The molecule has 1 saturated carbocycles. The average molecular weight is 274 g/mol. The molecule has 1 aliphatic rings. The summed E-state index contributed by atoms with van der Waals surface area (Å²) < 4.78 is 1.74. The average Bonchev–Trinajstić information content (AvgIpc) is 2.49. The highest BCUT2D eigenvalue weighted by Crippen LogP contribution is 2.19. The van der Waals surface area contributed by atoms with Crippen LogP contribution in [0.25, 0.3) is 0 Å². The third-order valence-electron chi connectivity index (χ3n) is 3.99. The number of pyridine rings is 1. The number of hydrogen-bond acceptors (Lipinski definition) is 2. The summed E-state index contributed by atoms with van der Waals surface area (Å²) in [6.07, 6.45) is 11.9. The zero-order valence-corrected chi connectivity index (χ0v) is 12.6. The molecule has 1 aliphatic carbocycles. The Balaban J connectivity index is 2.12. The second kappa shape index (κ2) is 8.03. The van der Waals surface area contributed by atoms with Crippen molar-refractivity contribution in [3.05, 3.63) is 29.9 Å². The zero-order valence-electron chi connectivity index (χ0n) is 12.6. The molecule has 1 heterocycles. The zero-order chi connectivity index (χ0) is 14.2. The number of aromatic nitrogens is 1. The molecule has 1 aromatic heterocycles. The summed E-state index contributed by atoms with van der Waals surface area (Å²) in [6.45, 7) is 2.16. The van der Waals surface area contributed by atoms with Gasteiger partial charge in [-0.1, -0.05) is 45.1 Å². The molecular weight excluding hydrogens is 248 g/mol. The lowest BCUT2D eigenvalue weighted by Crippen LogP contribution is -2.28. The molecule has 0 amide bonds. The quantitative estimate of drug-likeness (QED) is 0.749. The number of carbonyl (C=O) groups is 1. The standard InChI is InChI=1S/C17H26N2O/c1-2-3-5-13-17(20)19-14-9-8-12-16(19)18-15-10-6-4-7-11-15/h8-9,12,14-15H,2-7,10-11,13H2,1H3. The van der Waals surface area contributed by atoms with Crippen LogP contribution in [0.4, 0.5) is 0 Å². The molecule has 1 aromatic rings. The molecule has 0 aliphatic heterocycles. The third-order valence-corrected chi connectivity index (χ3v) is 3.99. The smallest absolute Gasteiger partial charge is 0.232 e. The van der Waals surface area contributed by atoms with Gasteiger partial charge in [-0.2, -0.15) is 0 Å². The Hall–Kier alpha value is -1.38. The van der Waals surface area contributed by atoms with Crippen LogP contribution in [0, 0.1) is 0 Å². The van der Waals surface area contributed by atoms with Gasteiger partial charge in [0.15, 0.2) is 0 Å². The van der Waals surface area contributed by atoms with E-state index in [0.717, 1.165) is 24.8 Å². The molecule has 0 radical (unpaired) electrons. The Bertz CT molecular complexity index is 484. The van der Waals surface area contributed by atoms with Crippen molar-refractivity contribution in [2.24, 2.45) is 4.99 Å². The molecule has 2 rings (SSSR count). The van der Waals surface area contributed by atoms with Crippen molar-refractivity contribution in [3.8, 4) is 0 Å². The number of rotatable bonds is 5. The van der Waals surface area contributed by atoms with Crippen LogP contribution >= 0.6 is 0 Å². The van der Waals surface area contributed by atoms with Crippen molar-refractivity contribution in [2.45, 2.75) is 70.8 Å². The molecule has 1 fully saturated rings. The first kappa shape index (κ1) is 15.0. The van der Waals surface area contributed by atoms with Crippen LogP contribution in [0.5, 0.6) is 0 Å². The predicted octanol–water partition coefficient (Wildman–Crippen LogP) is 3.94. The summed E-state index contributed by atoms with van der Waals surface area (Å²) in [7, 11) is 0. The highest BCUT2D eigenvalue weighted by atomic mass is 16.2. The lowest BCUT2D eigenvalue weighted by Gasteiger charge is -2.17. The fourth-order valence-corrected chi connectivity index (χ4v) is 2.79. The summed E-state index contributed by atoms with van der Waals surface area (Å²) in [6, 6.07) is 6.25. The summed E-state index contributed by atoms with van der Waals surface area (Å²) in [4.78, 5) is 17.1. The highest BCUT2D eigenvalue weighted by Gasteiger charge is 2.12. The lowest BCUT2D eigenvalue weighted by atomic mass is 9.96. The van der Waals surface area contributed by atoms with E-state index in [1.807, 2.05) is 24.4 Å². The van der Waals surface area contributed by atoms with Crippen molar-refractivity contribution >= 4 is 5.91 Å². The first-order chi connectivity index (χ1) is 9.81. The van der Waals surface area contributed by atoms with Crippen LogP contribution in [0.3, 0.4) is 0 Å². The maximum Gasteiger partial charge on any atom is 0.232 e. The van der Waals surface area contributed by atoms with Gasteiger partial charge in [0.2, 0.25) is 5.91 Å². The number of carbonyl (C=O) groups excluding carboxylic acids is 1. The minimum atomic E-state index is 0.175. The van der Waals surface area contributed by atoms with Gasteiger partial charge in [0, 0.05) is 12.6 Å². The summed E-state index contributed by atoms with van der Waals surface area (Å²) in [5, 5.41) is 0. The molecule has 0 bridgehead atoms. The van der Waals surface area contributed by atoms with Crippen LogP contribution in [0.1, 0.15) is 69.5 Å². The number of hydrogen-bond donors (Lipinski definition) is 0. The molecule has 110 valence electrons. The molecule has 0 spiro atoms. The van der Waals surface area contributed by atoms with Gasteiger partial charge in [-0.05, 0) is 31.4 Å². The number of nitrogens with zero attached hydrogens (tertiary/aromatic N) is 2. The van der Waals surface area contributed by atoms with Gasteiger partial charge in [-0.25, -0.2) is 0 Å². The molecule has 0 unspecified atom stereocenters. The Morgan fingerprint density at radius 1 is 1.25 bits per heavy atom. The van der Waals surface area contributed by atoms with Crippen LogP contribution in [-0.4, -0.2) is 16.5 Å². The Labute approximate surface area is 121 Å². The highest BCUT2D eigenvalue weighted by molar-refractivity contribution is 5.78. The number of unbranched alkanes of at least 4 members (excludes halogenated alkanes) is 2. The van der Waals surface area contributed by atoms with Gasteiger partial charge in [0.25, 0.3) is 0 Å². The van der Waals surface area contributed by atoms with Crippen LogP contribution in [0.2, 0.25) is 0 Å². The van der Waals surface area contributed by atoms with Gasteiger partial charge in [-0.3, -0.25) is 14.4 Å². The van der Waals surface area contributed by atoms with Gasteiger partial charge < -0.3 is 0 Å². The summed E-state index contributed by atoms with van der Waals surface area (Å²) in [5.74, 6) is 0.175. The normalized spacial score (nSPS) is 17.4. The summed E-state index contributed by atoms with van der Waals surface area (Å²) in [5.41, 5.74) is 0.834. The molecule has 0 aromatic carbocycles. The van der Waals surface area contributed by atoms with E-state index in [2.05, 4.69) is 6.92 Å². The monoisotopic (exact) mass is 274 g/mol. The van der Waals surface area contributed by atoms with E-state index in [0.29, 0.717) is 12.5 Å². The molecule has 3 heteroatoms. The van der Waals surface area contributed by atoms with E-state index in [4.69, 9.17) is 4.99 Å². The van der Waals surface area contributed by atoms with Crippen molar-refractivity contribution in [3.63, 3.8) is 0 Å². The van der Waals surface area contributed by atoms with Crippen molar-refractivity contribution < 1.29 is 4.79 Å². The van der Waals surface area contributed by atoms with E-state index in [1.54, 1.807) is 4.57 Å². The minimum absolute atomic E-state index is 0.175. The fraction of sp³-hybridized carbons (Fsp3) is 0.647. The second-order valence-electron chi connectivity index (χ2n) is 5.70. The van der Waals surface area contributed by atoms with Gasteiger partial charge in [0.05, 0.1) is 6.04 Å². The van der Waals surface area contributed by atoms with Crippen LogP contribution < -0.4 is 5.49 Å². The minimum Gasteiger partial charge on any atom is -0.274 e. The molecule has 20 heavy (non-hydrogen) atoms. The van der Waals surface area contributed by atoms with E-state index < -0.39 is 0 Å². The van der Waals surface area contributed by atoms with E-state index in [-0.39, 0.29) is 5.91 Å². The largest absolute Gasteiger partial charge is 0.274 e. The lowest BCUT2D eigenvalue weighted by molar-refractivity contribution is 0.0893. The third kappa shape index (κ3) is 4.32. The van der Waals surface area contributed by atoms with Gasteiger partial charge in [-0.15, -0.1) is 0 Å². The van der Waals surface area contributed by atoms with Gasteiger partial charge >= 0.3 is 0 Å². The second-order valence-corrected chi connectivity index (χ2v) is 5.70. The fourth-order valence-electron chi connectivity index (χ4n) is 2.79. The maximum absolute atomic E-state index is 12.3. The Morgan fingerprint density at radius 3 is 2.80 bits per heavy atom. The van der Waals surface area contributed by atoms with Crippen LogP contribution in [0.15, 0.2) is 29.4 Å². The van der Waals surface area contributed by atoms with Crippen molar-refractivity contribution in [1.82, 2.24) is 4.57 Å². The Morgan fingerprint density at radius 2 is 2.05 bits per heavy atom. The Kier molecular flexibility index (Phi) is 6.03. The SMILES string of the molecule is CCCCCC(=O)n1ccccc1=NC1CCCCC1. The summed E-state index contributed by atoms with van der Waals surface area (Å²) >= 11 is 0. The van der Waals surface area contributed by atoms with Crippen molar-refractivity contribution in [1.29, 1.82) is 0 Å². The van der Waals surface area contributed by atoms with E-state index in [1.165, 1.54) is 32.1 Å². The molecule has 0 atom stereocenters. The molecular formula is C17H26N2O. The van der Waals surface area contributed by atoms with E-state index >= 15 is 0 Å². The van der Waals surface area contributed by atoms with Crippen molar-refractivity contribution in [2.75, 3.05) is 0 Å². The topological polar surface area (TPSA) is 34.4 Å². The van der Waals surface area contributed by atoms with E-state index in [9.17, 15) is 4.79 Å². The molecule has 3 nitrogen and oxygen atoms in total. The maximum atomic E-state index is 12.3. The first-order valence-corrected chi connectivity index (χ1v) is 8.06. The molecule has 0 N–H and O–H groups in total.